The fraction of sp³-hybridized carbons (Fsp3) is 0.167. The zero-order valence-electron chi connectivity index (χ0n) is 13.6. The molecule has 0 radical (unpaired) electrons. The SMILES string of the molecule is CCN1C(=O)S/C(=C\c2ccc(-c3cccc(C(=O)O)c3C)o2)C1=O. The summed E-state index contributed by atoms with van der Waals surface area (Å²) in [6.45, 7) is 3.78. The summed E-state index contributed by atoms with van der Waals surface area (Å²) in [6.07, 6.45) is 1.53. The first-order chi connectivity index (χ1) is 11.9. The van der Waals surface area contributed by atoms with Crippen LogP contribution in [-0.2, 0) is 4.79 Å². The van der Waals surface area contributed by atoms with Gasteiger partial charge in [-0.25, -0.2) is 4.79 Å². The smallest absolute Gasteiger partial charge is 0.335 e. The number of imide groups is 1. The maximum Gasteiger partial charge on any atom is 0.335 e. The first kappa shape index (κ1) is 17.0. The Bertz CT molecular complexity index is 912. The Morgan fingerprint density at radius 3 is 2.68 bits per heavy atom. The van der Waals surface area contributed by atoms with Crippen LogP contribution in [0.1, 0.15) is 28.6 Å². The molecule has 3 rings (SSSR count). The lowest BCUT2D eigenvalue weighted by molar-refractivity contribution is -0.122. The topological polar surface area (TPSA) is 87.8 Å². The van der Waals surface area contributed by atoms with Gasteiger partial charge in [0.05, 0.1) is 10.5 Å². The third-order valence-electron chi connectivity index (χ3n) is 3.92. The van der Waals surface area contributed by atoms with Crippen molar-refractivity contribution < 1.29 is 23.9 Å². The first-order valence-electron chi connectivity index (χ1n) is 7.61. The molecule has 25 heavy (non-hydrogen) atoms. The van der Waals surface area contributed by atoms with Gasteiger partial charge in [0.2, 0.25) is 0 Å². The molecule has 0 unspecified atom stereocenters. The van der Waals surface area contributed by atoms with Gasteiger partial charge in [-0.1, -0.05) is 12.1 Å². The molecule has 1 N–H and O–H groups in total. The number of thioether (sulfide) groups is 1. The predicted molar refractivity (Wildman–Crippen MR) is 94.2 cm³/mol. The summed E-state index contributed by atoms with van der Waals surface area (Å²) >= 11 is 0.877. The Kier molecular flexibility index (Phi) is 4.50. The lowest BCUT2D eigenvalue weighted by atomic mass is 10.0. The molecule has 1 aliphatic heterocycles. The lowest BCUT2D eigenvalue weighted by Crippen LogP contribution is -2.27. The van der Waals surface area contributed by atoms with E-state index in [1.54, 1.807) is 38.1 Å². The van der Waals surface area contributed by atoms with Gasteiger partial charge in [0.15, 0.2) is 0 Å². The van der Waals surface area contributed by atoms with Crippen LogP contribution < -0.4 is 0 Å². The molecule has 128 valence electrons. The van der Waals surface area contributed by atoms with Gasteiger partial charge in [0, 0.05) is 18.2 Å². The Labute approximate surface area is 148 Å². The van der Waals surface area contributed by atoms with Crippen molar-refractivity contribution in [1.29, 1.82) is 0 Å². The fourth-order valence-electron chi connectivity index (χ4n) is 2.61. The van der Waals surface area contributed by atoms with E-state index < -0.39 is 5.97 Å². The molecule has 1 aromatic heterocycles. The van der Waals surface area contributed by atoms with Crippen LogP contribution in [0.3, 0.4) is 0 Å². The molecule has 0 saturated carbocycles. The second kappa shape index (κ2) is 6.60. The third kappa shape index (κ3) is 3.10. The van der Waals surface area contributed by atoms with Crippen LogP contribution in [0.5, 0.6) is 0 Å². The highest BCUT2D eigenvalue weighted by Gasteiger charge is 2.33. The lowest BCUT2D eigenvalue weighted by Gasteiger charge is -2.06. The summed E-state index contributed by atoms with van der Waals surface area (Å²) < 4.78 is 5.73. The number of carbonyl (C=O) groups excluding carboxylic acids is 2. The number of carbonyl (C=O) groups is 3. The number of rotatable bonds is 4. The number of nitrogens with zero attached hydrogens (tertiary/aromatic N) is 1. The van der Waals surface area contributed by atoms with Crippen molar-refractivity contribution in [2.24, 2.45) is 0 Å². The van der Waals surface area contributed by atoms with Crippen LogP contribution in [-0.4, -0.2) is 33.7 Å². The monoisotopic (exact) mass is 357 g/mol. The zero-order valence-corrected chi connectivity index (χ0v) is 14.4. The van der Waals surface area contributed by atoms with Gasteiger partial charge >= 0.3 is 5.97 Å². The summed E-state index contributed by atoms with van der Waals surface area (Å²) in [4.78, 5) is 36.6. The van der Waals surface area contributed by atoms with Crippen molar-refractivity contribution in [3.8, 4) is 11.3 Å². The van der Waals surface area contributed by atoms with Gasteiger partial charge in [0.25, 0.3) is 11.1 Å². The first-order valence-corrected chi connectivity index (χ1v) is 8.42. The number of hydrogen-bond donors (Lipinski definition) is 1. The maximum atomic E-state index is 12.1. The summed E-state index contributed by atoms with van der Waals surface area (Å²) in [5.41, 5.74) is 1.47. The summed E-state index contributed by atoms with van der Waals surface area (Å²) in [7, 11) is 0. The molecular formula is C18H15NO5S. The minimum absolute atomic E-state index is 0.208. The van der Waals surface area contributed by atoms with E-state index in [2.05, 4.69) is 0 Å². The van der Waals surface area contributed by atoms with Crippen LogP contribution in [0.4, 0.5) is 4.79 Å². The van der Waals surface area contributed by atoms with Crippen molar-refractivity contribution in [1.82, 2.24) is 4.90 Å². The normalized spacial score (nSPS) is 16.1. The third-order valence-corrected chi connectivity index (χ3v) is 4.83. The molecule has 1 aromatic carbocycles. The number of likely N-dealkylation sites (N-methyl/N-ethyl adjacent to an activating group) is 1. The van der Waals surface area contributed by atoms with Crippen LogP contribution in [0.2, 0.25) is 0 Å². The summed E-state index contributed by atoms with van der Waals surface area (Å²) in [6, 6.07) is 8.35. The minimum Gasteiger partial charge on any atom is -0.478 e. The van der Waals surface area contributed by atoms with E-state index in [4.69, 9.17) is 4.42 Å². The molecular weight excluding hydrogens is 342 g/mol. The average molecular weight is 357 g/mol. The van der Waals surface area contributed by atoms with Crippen molar-refractivity contribution in [3.63, 3.8) is 0 Å². The average Bonchev–Trinajstić information content (AvgIpc) is 3.12. The Morgan fingerprint density at radius 1 is 1.28 bits per heavy atom. The van der Waals surface area contributed by atoms with E-state index >= 15 is 0 Å². The van der Waals surface area contributed by atoms with Gasteiger partial charge in [-0.2, -0.15) is 0 Å². The highest BCUT2D eigenvalue weighted by atomic mass is 32.2. The highest BCUT2D eigenvalue weighted by molar-refractivity contribution is 8.18. The van der Waals surface area contributed by atoms with E-state index in [0.717, 1.165) is 11.8 Å². The number of carboxylic acid groups (broad SMARTS) is 1. The molecule has 6 nitrogen and oxygen atoms in total. The standard InChI is InChI=1S/C18H15NO5S/c1-3-19-16(20)15(25-18(19)23)9-11-7-8-14(24-11)12-5-4-6-13(10(12)2)17(21)22/h4-9H,3H2,1-2H3,(H,21,22)/b15-9-. The van der Waals surface area contributed by atoms with Gasteiger partial charge in [0.1, 0.15) is 11.5 Å². The summed E-state index contributed by atoms with van der Waals surface area (Å²) in [5.74, 6) is -0.405. The largest absolute Gasteiger partial charge is 0.478 e. The summed E-state index contributed by atoms with van der Waals surface area (Å²) in [5, 5.41) is 8.92. The molecule has 2 amide bonds. The Morgan fingerprint density at radius 2 is 2.04 bits per heavy atom. The van der Waals surface area contributed by atoms with E-state index in [-0.39, 0.29) is 16.7 Å². The van der Waals surface area contributed by atoms with Crippen molar-refractivity contribution in [2.45, 2.75) is 13.8 Å². The van der Waals surface area contributed by atoms with Crippen LogP contribution in [0.15, 0.2) is 39.7 Å². The van der Waals surface area contributed by atoms with E-state index in [1.807, 2.05) is 0 Å². The van der Waals surface area contributed by atoms with Crippen LogP contribution >= 0.6 is 11.8 Å². The van der Waals surface area contributed by atoms with Crippen molar-refractivity contribution in [2.75, 3.05) is 6.54 Å². The van der Waals surface area contributed by atoms with Gasteiger partial charge in [-0.15, -0.1) is 0 Å². The molecule has 0 aliphatic carbocycles. The van der Waals surface area contributed by atoms with Gasteiger partial charge in [-0.3, -0.25) is 14.5 Å². The van der Waals surface area contributed by atoms with Crippen molar-refractivity contribution >= 4 is 35.0 Å². The quantitative estimate of drug-likeness (QED) is 0.832. The van der Waals surface area contributed by atoms with Gasteiger partial charge in [-0.05, 0) is 49.4 Å². The maximum absolute atomic E-state index is 12.1. The second-order valence-electron chi connectivity index (χ2n) is 5.41. The van der Waals surface area contributed by atoms with Crippen LogP contribution in [0.25, 0.3) is 17.4 Å². The molecule has 2 aromatic rings. The molecule has 2 heterocycles. The number of hydrogen-bond acceptors (Lipinski definition) is 5. The number of carboxylic acids is 1. The van der Waals surface area contributed by atoms with Crippen molar-refractivity contribution in [3.05, 3.63) is 52.1 Å². The second-order valence-corrected chi connectivity index (χ2v) is 6.40. The number of benzene rings is 1. The Balaban J connectivity index is 1.93. The van der Waals surface area contributed by atoms with E-state index in [1.165, 1.54) is 17.0 Å². The van der Waals surface area contributed by atoms with Gasteiger partial charge < -0.3 is 9.52 Å². The molecule has 0 bridgehead atoms. The highest BCUT2D eigenvalue weighted by Crippen LogP contribution is 2.33. The van der Waals surface area contributed by atoms with E-state index in [9.17, 15) is 19.5 Å². The van der Waals surface area contributed by atoms with Crippen LogP contribution in [0, 0.1) is 6.92 Å². The predicted octanol–water partition coefficient (Wildman–Crippen LogP) is 4.01. The zero-order chi connectivity index (χ0) is 18.1. The number of aromatic carboxylic acids is 1. The fourth-order valence-corrected chi connectivity index (χ4v) is 3.49. The molecule has 1 saturated heterocycles. The molecule has 0 atom stereocenters. The minimum atomic E-state index is -1.00. The van der Waals surface area contributed by atoms with E-state index in [0.29, 0.717) is 34.1 Å². The molecule has 0 spiro atoms. The molecule has 1 aliphatic rings. The molecule has 1 fully saturated rings. The Hall–Kier alpha value is -2.80. The number of amides is 2. The number of furan rings is 1. The molecule has 7 heteroatoms.